The Hall–Kier alpha value is 0.868. The first-order valence-corrected chi connectivity index (χ1v) is 19.7. The summed E-state index contributed by atoms with van der Waals surface area (Å²) in [6, 6.07) is 0. The third kappa shape index (κ3) is 2.40. The van der Waals surface area contributed by atoms with Crippen molar-refractivity contribution >= 4 is 31.6 Å². The van der Waals surface area contributed by atoms with Crippen molar-refractivity contribution in [1.82, 2.24) is 0 Å². The normalized spacial score (nSPS) is 13.6. The van der Waals surface area contributed by atoms with E-state index in [9.17, 15) is 0 Å². The van der Waals surface area contributed by atoms with Gasteiger partial charge in [-0.05, 0) is 0 Å². The molecule has 0 unspecified atom stereocenters. The molecule has 0 spiro atoms. The van der Waals surface area contributed by atoms with Gasteiger partial charge >= 0.3 is 0 Å². The average Bonchev–Trinajstić information content (AvgIpc) is 1.84. The average molecular weight is 221 g/mol. The van der Waals surface area contributed by atoms with Crippen LogP contribution in [-0.2, 0) is 0 Å². The molecule has 0 rings (SSSR count). The van der Waals surface area contributed by atoms with Crippen LogP contribution in [0, 0.1) is 0 Å². The summed E-state index contributed by atoms with van der Waals surface area (Å²) in [5.74, 6) is 0. The van der Waals surface area contributed by atoms with Gasteiger partial charge in [0.25, 0.3) is 0 Å². The molecule has 0 aromatic rings. The van der Waals surface area contributed by atoms with Gasteiger partial charge in [0.2, 0.25) is 0 Å². The summed E-state index contributed by atoms with van der Waals surface area (Å²) in [7, 11) is -0.762. The van der Waals surface area contributed by atoms with Crippen LogP contribution in [0.4, 0.5) is 0 Å². The first-order chi connectivity index (χ1) is 4.83. The molecule has 11 heavy (non-hydrogen) atoms. The van der Waals surface area contributed by atoms with Gasteiger partial charge in [-0.3, -0.25) is 0 Å². The second-order valence-electron chi connectivity index (χ2n) is 4.83. The van der Waals surface area contributed by atoms with Crippen molar-refractivity contribution < 1.29 is 0 Å². The predicted octanol–water partition coefficient (Wildman–Crippen LogP) is 1.76. The van der Waals surface area contributed by atoms with Crippen LogP contribution >= 0.6 is 0 Å². The summed E-state index contributed by atoms with van der Waals surface area (Å²) in [5, 5.41) is 0. The van der Waals surface area contributed by atoms with E-state index in [1.807, 2.05) is 0 Å². The Bertz CT molecular complexity index is 97.8. The zero-order valence-corrected chi connectivity index (χ0v) is 13.7. The molecular weight excluding hydrogens is 196 g/mol. The van der Waals surface area contributed by atoms with E-state index in [0.29, 0.717) is 0 Å². The molecule has 0 aromatic heterocycles. The molecule has 0 atom stereocenters. The molecule has 0 aliphatic heterocycles. The zero-order valence-electron chi connectivity index (χ0n) is 9.23. The molecule has 68 valence electrons. The van der Waals surface area contributed by atoms with Gasteiger partial charge in [0, 0.05) is 31.6 Å². The smallest absolute Gasteiger partial charge is 0.0241 e. The Labute approximate surface area is 77.6 Å². The van der Waals surface area contributed by atoms with Crippen LogP contribution in [0.25, 0.3) is 0 Å². The monoisotopic (exact) mass is 220 g/mol. The number of hydrogen-bond donors (Lipinski definition) is 0. The third-order valence-corrected chi connectivity index (χ3v) is 69.6. The van der Waals surface area contributed by atoms with E-state index in [0.717, 1.165) is 0 Å². The molecule has 0 radical (unpaired) electrons. The quantitative estimate of drug-likeness (QED) is 0.636. The number of hydrogen-bond acceptors (Lipinski definition) is 0. The molecule has 4 heteroatoms. The topological polar surface area (TPSA) is 0 Å². The molecule has 0 aliphatic rings. The summed E-state index contributed by atoms with van der Waals surface area (Å²) in [6.45, 7) is 17.8. The maximum atomic E-state index is 2.73. The lowest BCUT2D eigenvalue weighted by Crippen LogP contribution is -2.64. The van der Waals surface area contributed by atoms with E-state index in [1.165, 1.54) is 0 Å². The van der Waals surface area contributed by atoms with Crippen LogP contribution < -0.4 is 0 Å². The van der Waals surface area contributed by atoms with Crippen LogP contribution in [0.5, 0.6) is 0 Å². The van der Waals surface area contributed by atoms with E-state index in [1.54, 1.807) is 0 Å². The molecule has 0 saturated heterocycles. The van der Waals surface area contributed by atoms with E-state index >= 15 is 0 Å². The second-order valence-corrected chi connectivity index (χ2v) is 42.1. The Morgan fingerprint density at radius 2 is 0.818 bits per heavy atom. The Morgan fingerprint density at radius 1 is 0.636 bits per heavy atom. The summed E-state index contributed by atoms with van der Waals surface area (Å²) in [4.78, 5) is 0. The maximum Gasteiger partial charge on any atom is 0.0241 e. The minimum absolute atomic E-state index is 0.254. The fraction of sp³-hybridized carbons (Fsp3) is 1.00. The second kappa shape index (κ2) is 4.20. The molecule has 0 nitrogen and oxygen atoms in total. The molecule has 0 fully saturated rings. The summed E-state index contributed by atoms with van der Waals surface area (Å²) in [6.07, 6.45) is 0. The van der Waals surface area contributed by atoms with E-state index in [4.69, 9.17) is 0 Å². The van der Waals surface area contributed by atoms with Crippen LogP contribution in [0.1, 0.15) is 0 Å². The highest BCUT2D eigenvalue weighted by molar-refractivity contribution is 7.79. The van der Waals surface area contributed by atoms with Crippen LogP contribution in [-0.4, -0.2) is 31.6 Å². The highest BCUT2D eigenvalue weighted by Crippen LogP contribution is 2.15. The molecule has 0 bridgehead atoms. The number of rotatable bonds is 3. The lowest BCUT2D eigenvalue weighted by molar-refractivity contribution is 1.93. The van der Waals surface area contributed by atoms with Crippen LogP contribution in [0.3, 0.4) is 0 Å². The summed E-state index contributed by atoms with van der Waals surface area (Å²) >= 11 is 0. The van der Waals surface area contributed by atoms with Crippen molar-refractivity contribution in [2.75, 3.05) is 0 Å². The van der Waals surface area contributed by atoms with Gasteiger partial charge in [-0.25, -0.2) is 0 Å². The van der Waals surface area contributed by atoms with Crippen LogP contribution in [0.2, 0.25) is 45.8 Å². The van der Waals surface area contributed by atoms with Crippen molar-refractivity contribution in [3.8, 4) is 0 Å². The van der Waals surface area contributed by atoms with E-state index in [2.05, 4.69) is 45.8 Å². The van der Waals surface area contributed by atoms with Gasteiger partial charge in [0.15, 0.2) is 0 Å². The first kappa shape index (κ1) is 11.9. The molecule has 0 N–H and O–H groups in total. The Kier molecular flexibility index (Phi) is 4.53. The Morgan fingerprint density at radius 3 is 0.818 bits per heavy atom. The highest BCUT2D eigenvalue weighted by Gasteiger charge is 2.38. The fourth-order valence-electron chi connectivity index (χ4n) is 2.00. The molecule has 0 heterocycles. The van der Waals surface area contributed by atoms with Gasteiger partial charge in [-0.2, -0.15) is 0 Å². The fourth-order valence-corrected chi connectivity index (χ4v) is 54.0. The minimum Gasteiger partial charge on any atom is -0.0754 e. The van der Waals surface area contributed by atoms with E-state index < -0.39 is 6.63 Å². The van der Waals surface area contributed by atoms with Gasteiger partial charge in [-0.1, -0.05) is 45.8 Å². The first-order valence-electron chi connectivity index (χ1n) is 4.83. The highest BCUT2D eigenvalue weighted by atomic mass is 29.9. The van der Waals surface area contributed by atoms with Gasteiger partial charge < -0.3 is 0 Å². The summed E-state index contributed by atoms with van der Waals surface area (Å²) < 4.78 is 0. The molecule has 0 saturated carbocycles. The zero-order chi connectivity index (χ0) is 9.23. The van der Waals surface area contributed by atoms with Crippen molar-refractivity contribution in [3.63, 3.8) is 0 Å². The van der Waals surface area contributed by atoms with Gasteiger partial charge in [0.05, 0.1) is 0 Å². The SMILES string of the molecule is C[SiH](C)[Si](C)([SiH](C)C)[SiH](C)C. The Balaban J connectivity index is 4.53. The lowest BCUT2D eigenvalue weighted by atomic mass is 11.9. The third-order valence-electron chi connectivity index (χ3n) is 3.73. The largest absolute Gasteiger partial charge is 0.0754 e. The van der Waals surface area contributed by atoms with E-state index in [-0.39, 0.29) is 24.9 Å². The van der Waals surface area contributed by atoms with Crippen LogP contribution in [0.15, 0.2) is 0 Å². The minimum atomic E-state index is -0.565. The van der Waals surface area contributed by atoms with Crippen molar-refractivity contribution in [3.05, 3.63) is 0 Å². The van der Waals surface area contributed by atoms with Gasteiger partial charge in [-0.15, -0.1) is 0 Å². The standard InChI is InChI=1S/C7H24Si4/c1-8(2)11(7,9(3)4)10(5)6/h8-10H,1-7H3. The van der Waals surface area contributed by atoms with Crippen molar-refractivity contribution in [2.45, 2.75) is 45.8 Å². The van der Waals surface area contributed by atoms with Crippen molar-refractivity contribution in [2.24, 2.45) is 0 Å². The molecule has 0 aliphatic carbocycles. The van der Waals surface area contributed by atoms with Gasteiger partial charge in [0.1, 0.15) is 0 Å². The molecule has 0 amide bonds. The van der Waals surface area contributed by atoms with Crippen molar-refractivity contribution in [1.29, 1.82) is 0 Å². The predicted molar refractivity (Wildman–Crippen MR) is 68.2 cm³/mol. The maximum absolute atomic E-state index is 2.73. The lowest BCUT2D eigenvalue weighted by Gasteiger charge is -2.37. The molecular formula is C7H24Si4. The summed E-state index contributed by atoms with van der Waals surface area (Å²) in [5.41, 5.74) is 0. The molecule has 0 aromatic carbocycles.